The van der Waals surface area contributed by atoms with Gasteiger partial charge < -0.3 is 5.11 Å². The van der Waals surface area contributed by atoms with Crippen LogP contribution in [0.1, 0.15) is 0 Å². The Kier molecular flexibility index (Phi) is 2.95. The third kappa shape index (κ3) is 2.55. The van der Waals surface area contributed by atoms with Crippen molar-refractivity contribution in [3.05, 3.63) is 10.8 Å². The van der Waals surface area contributed by atoms with E-state index in [1.807, 2.05) is 0 Å². The van der Waals surface area contributed by atoms with Crippen molar-refractivity contribution >= 4 is 31.7 Å². The summed E-state index contributed by atoms with van der Waals surface area (Å²) in [6.45, 7) is -0.367. The van der Waals surface area contributed by atoms with Crippen LogP contribution < -0.4 is 0 Å². The highest BCUT2D eigenvalue weighted by atomic mass is 79.9. The molecule has 0 saturated carbocycles. The average Bonchev–Trinajstić information content (AvgIpc) is 2.27. The van der Waals surface area contributed by atoms with Gasteiger partial charge in [0.15, 0.2) is 9.84 Å². The second-order valence-corrected chi connectivity index (χ2v) is 5.38. The van der Waals surface area contributed by atoms with Crippen molar-refractivity contribution in [2.75, 3.05) is 6.26 Å². The predicted molar refractivity (Wildman–Crippen MR) is 50.7 cm³/mol. The molecule has 1 N–H and O–H groups in total. The molecule has 1 rings (SSSR count). The van der Waals surface area contributed by atoms with Crippen molar-refractivity contribution in [3.8, 4) is 0 Å². The van der Waals surface area contributed by atoms with Gasteiger partial charge in [0.2, 0.25) is 0 Å². The van der Waals surface area contributed by atoms with Crippen LogP contribution in [0.5, 0.6) is 0 Å². The summed E-state index contributed by atoms with van der Waals surface area (Å²) in [5, 5.41) is 12.1. The van der Waals surface area contributed by atoms with Crippen molar-refractivity contribution in [2.24, 2.45) is 0 Å². The average molecular weight is 283 g/mol. The summed E-state index contributed by atoms with van der Waals surface area (Å²) < 4.78 is 23.4. The van der Waals surface area contributed by atoms with E-state index in [-0.39, 0.29) is 16.0 Å². The lowest BCUT2D eigenvalue weighted by Crippen LogP contribution is -2.08. The van der Waals surface area contributed by atoms with Crippen molar-refractivity contribution in [1.29, 1.82) is 0 Å². The number of nitrogens with zero attached hydrogens (tertiary/aromatic N) is 2. The van der Waals surface area contributed by atoms with E-state index in [2.05, 4.69) is 21.0 Å². The Morgan fingerprint density at radius 1 is 1.71 bits per heavy atom. The SMILES string of the molecule is CS(=O)(=O)c1cn(CC(=O)O)nc1Br. The largest absolute Gasteiger partial charge is 0.480 e. The van der Waals surface area contributed by atoms with Crippen molar-refractivity contribution in [3.63, 3.8) is 0 Å². The van der Waals surface area contributed by atoms with Crippen LogP contribution in [-0.4, -0.2) is 35.5 Å². The molecule has 1 aromatic rings. The van der Waals surface area contributed by atoms with Crippen molar-refractivity contribution < 1.29 is 18.3 Å². The van der Waals surface area contributed by atoms with Gasteiger partial charge in [0, 0.05) is 12.5 Å². The molecule has 0 spiro atoms. The van der Waals surface area contributed by atoms with E-state index < -0.39 is 15.8 Å². The Hall–Kier alpha value is -0.890. The van der Waals surface area contributed by atoms with E-state index in [9.17, 15) is 13.2 Å². The number of hydrogen-bond acceptors (Lipinski definition) is 4. The number of hydrogen-bond donors (Lipinski definition) is 1. The van der Waals surface area contributed by atoms with Gasteiger partial charge in [-0.05, 0) is 15.9 Å². The molecule has 8 heteroatoms. The fraction of sp³-hybridized carbons (Fsp3) is 0.333. The Morgan fingerprint density at radius 2 is 2.29 bits per heavy atom. The van der Waals surface area contributed by atoms with Crippen LogP contribution in [0.4, 0.5) is 0 Å². The maximum Gasteiger partial charge on any atom is 0.325 e. The topological polar surface area (TPSA) is 89.3 Å². The van der Waals surface area contributed by atoms with Gasteiger partial charge in [0.25, 0.3) is 0 Å². The Bertz CT molecular complexity index is 464. The van der Waals surface area contributed by atoms with E-state index in [1.54, 1.807) is 0 Å². The number of rotatable bonds is 3. The van der Waals surface area contributed by atoms with E-state index in [4.69, 9.17) is 5.11 Å². The lowest BCUT2D eigenvalue weighted by molar-refractivity contribution is -0.137. The van der Waals surface area contributed by atoms with Crippen molar-refractivity contribution in [2.45, 2.75) is 11.4 Å². The third-order valence-electron chi connectivity index (χ3n) is 1.38. The lowest BCUT2D eigenvalue weighted by Gasteiger charge is -1.92. The van der Waals surface area contributed by atoms with Gasteiger partial charge in [0.1, 0.15) is 16.0 Å². The van der Waals surface area contributed by atoms with Crippen LogP contribution in [0.3, 0.4) is 0 Å². The lowest BCUT2D eigenvalue weighted by atomic mass is 10.6. The second-order valence-electron chi connectivity index (χ2n) is 2.65. The van der Waals surface area contributed by atoms with E-state index in [0.717, 1.165) is 10.9 Å². The highest BCUT2D eigenvalue weighted by Gasteiger charge is 2.16. The van der Waals surface area contributed by atoms with E-state index >= 15 is 0 Å². The molecule has 0 bridgehead atoms. The van der Waals surface area contributed by atoms with Crippen LogP contribution in [0.15, 0.2) is 15.7 Å². The smallest absolute Gasteiger partial charge is 0.325 e. The minimum absolute atomic E-state index is 0.0150. The van der Waals surface area contributed by atoms with Gasteiger partial charge in [-0.1, -0.05) is 0 Å². The molecular formula is C6H7BrN2O4S. The molecule has 0 aliphatic rings. The first-order valence-electron chi connectivity index (χ1n) is 3.45. The van der Waals surface area contributed by atoms with Gasteiger partial charge in [-0.3, -0.25) is 9.48 Å². The number of sulfone groups is 1. The standard InChI is InChI=1S/C6H7BrN2O4S/c1-14(12,13)4-2-9(3-5(10)11)8-6(4)7/h2H,3H2,1H3,(H,10,11). The number of aromatic nitrogens is 2. The fourth-order valence-electron chi connectivity index (χ4n) is 0.848. The summed E-state index contributed by atoms with van der Waals surface area (Å²) in [6, 6.07) is 0. The normalized spacial score (nSPS) is 11.6. The zero-order valence-corrected chi connectivity index (χ0v) is 9.54. The molecule has 0 aromatic carbocycles. The maximum atomic E-state index is 11.1. The molecule has 14 heavy (non-hydrogen) atoms. The molecule has 0 radical (unpaired) electrons. The first kappa shape index (κ1) is 11.2. The summed E-state index contributed by atoms with van der Waals surface area (Å²) in [5.41, 5.74) is 0. The molecule has 1 aromatic heterocycles. The zero-order valence-electron chi connectivity index (χ0n) is 7.14. The number of carboxylic acids is 1. The van der Waals surface area contributed by atoms with E-state index in [0.29, 0.717) is 0 Å². The predicted octanol–water partition coefficient (Wildman–Crippen LogP) is 0.134. The first-order chi connectivity index (χ1) is 6.30. The van der Waals surface area contributed by atoms with Crippen LogP contribution in [0.25, 0.3) is 0 Å². The maximum absolute atomic E-state index is 11.1. The summed E-state index contributed by atoms with van der Waals surface area (Å²) in [6.07, 6.45) is 2.20. The molecule has 78 valence electrons. The van der Waals surface area contributed by atoms with Gasteiger partial charge in [-0.15, -0.1) is 0 Å². The minimum atomic E-state index is -3.37. The second kappa shape index (κ2) is 3.70. The summed E-state index contributed by atoms with van der Waals surface area (Å²) >= 11 is 2.94. The summed E-state index contributed by atoms with van der Waals surface area (Å²) in [5.74, 6) is -1.08. The van der Waals surface area contributed by atoms with Crippen LogP contribution in [-0.2, 0) is 21.2 Å². The molecular weight excluding hydrogens is 276 g/mol. The Labute approximate surface area is 88.6 Å². The molecule has 0 fully saturated rings. The number of carboxylic acid groups (broad SMARTS) is 1. The monoisotopic (exact) mass is 282 g/mol. The van der Waals surface area contributed by atoms with Crippen LogP contribution >= 0.6 is 15.9 Å². The summed E-state index contributed by atoms with van der Waals surface area (Å²) in [7, 11) is -3.37. The molecule has 0 amide bonds. The Balaban J connectivity index is 3.12. The Morgan fingerprint density at radius 3 is 2.64 bits per heavy atom. The molecule has 0 aliphatic heterocycles. The molecule has 0 saturated heterocycles. The molecule has 0 aliphatic carbocycles. The molecule has 0 unspecified atom stereocenters. The third-order valence-corrected chi connectivity index (χ3v) is 3.33. The van der Waals surface area contributed by atoms with Gasteiger partial charge >= 0.3 is 5.97 Å². The fourth-order valence-corrected chi connectivity index (χ4v) is 2.70. The molecule has 1 heterocycles. The highest BCUT2D eigenvalue weighted by molar-refractivity contribution is 9.10. The van der Waals surface area contributed by atoms with Crippen LogP contribution in [0, 0.1) is 0 Å². The summed E-state index contributed by atoms with van der Waals surface area (Å²) in [4.78, 5) is 10.3. The van der Waals surface area contributed by atoms with Gasteiger partial charge in [-0.25, -0.2) is 8.42 Å². The van der Waals surface area contributed by atoms with Gasteiger partial charge in [-0.2, -0.15) is 5.10 Å². The molecule has 0 atom stereocenters. The number of aliphatic carboxylic acids is 1. The highest BCUT2D eigenvalue weighted by Crippen LogP contribution is 2.19. The van der Waals surface area contributed by atoms with Gasteiger partial charge in [0.05, 0.1) is 0 Å². The number of carbonyl (C=O) groups is 1. The van der Waals surface area contributed by atoms with Crippen LogP contribution in [0.2, 0.25) is 0 Å². The minimum Gasteiger partial charge on any atom is -0.480 e. The van der Waals surface area contributed by atoms with E-state index in [1.165, 1.54) is 6.20 Å². The zero-order chi connectivity index (χ0) is 10.9. The molecule has 6 nitrogen and oxygen atoms in total. The number of halogens is 1. The quantitative estimate of drug-likeness (QED) is 0.851. The van der Waals surface area contributed by atoms with Crippen molar-refractivity contribution in [1.82, 2.24) is 9.78 Å². The first-order valence-corrected chi connectivity index (χ1v) is 6.14.